The molecule has 1 aliphatic heterocycles. The van der Waals surface area contributed by atoms with E-state index in [-0.39, 0.29) is 11.6 Å². The van der Waals surface area contributed by atoms with Gasteiger partial charge in [-0.15, -0.1) is 0 Å². The molecule has 0 aliphatic carbocycles. The number of rotatable bonds is 5. The molecule has 1 fully saturated rings. The van der Waals surface area contributed by atoms with E-state index >= 15 is 0 Å². The van der Waals surface area contributed by atoms with E-state index in [1.165, 1.54) is 18.4 Å². The second-order valence-electron chi connectivity index (χ2n) is 6.87. The Hall–Kier alpha value is -2.64. The van der Waals surface area contributed by atoms with Crippen LogP contribution in [0, 0.1) is 5.82 Å². The third kappa shape index (κ3) is 4.86. The van der Waals surface area contributed by atoms with Crippen molar-refractivity contribution >= 4 is 27.6 Å². The number of hydrogen-bond acceptors (Lipinski definition) is 5. The van der Waals surface area contributed by atoms with Crippen molar-refractivity contribution in [2.24, 2.45) is 0 Å². The maximum Gasteiger partial charge on any atom is 0.379 e. The minimum absolute atomic E-state index is 0.170. The molecule has 0 saturated carbocycles. The summed E-state index contributed by atoms with van der Waals surface area (Å²) in [6.07, 6.45) is 1.44. The summed E-state index contributed by atoms with van der Waals surface area (Å²) in [5.41, 5.74) is 2.09. The molecule has 0 spiro atoms. The van der Waals surface area contributed by atoms with Crippen LogP contribution in [0.4, 0.5) is 10.1 Å². The number of esters is 1. The summed E-state index contributed by atoms with van der Waals surface area (Å²) >= 11 is 3.60. The van der Waals surface area contributed by atoms with Crippen molar-refractivity contribution in [3.63, 3.8) is 0 Å². The van der Waals surface area contributed by atoms with Crippen LogP contribution in [0.5, 0.6) is 5.75 Å². The summed E-state index contributed by atoms with van der Waals surface area (Å²) in [5.74, 6) is -0.0920. The molecule has 1 aliphatic rings. The van der Waals surface area contributed by atoms with Crippen LogP contribution in [-0.2, 0) is 6.54 Å². The van der Waals surface area contributed by atoms with Crippen molar-refractivity contribution in [3.05, 3.63) is 82.5 Å². The molecule has 1 aromatic heterocycles. The minimum atomic E-state index is -0.521. The van der Waals surface area contributed by atoms with Crippen molar-refractivity contribution in [1.82, 2.24) is 4.90 Å². The first-order chi connectivity index (χ1) is 14.1. The molecule has 1 saturated heterocycles. The van der Waals surface area contributed by atoms with Gasteiger partial charge in [0.15, 0.2) is 0 Å². The van der Waals surface area contributed by atoms with E-state index < -0.39 is 5.97 Å². The molecule has 0 amide bonds. The van der Waals surface area contributed by atoms with Crippen molar-refractivity contribution < 1.29 is 18.3 Å². The first-order valence-electron chi connectivity index (χ1n) is 9.35. The number of halogens is 2. The zero-order valence-corrected chi connectivity index (χ0v) is 17.3. The molecule has 150 valence electrons. The molecule has 0 N–H and O–H groups in total. The van der Waals surface area contributed by atoms with Crippen LogP contribution in [0.2, 0.25) is 0 Å². The number of piperazine rings is 1. The normalized spacial score (nSPS) is 14.8. The molecular weight excluding hydrogens is 439 g/mol. The van der Waals surface area contributed by atoms with Gasteiger partial charge < -0.3 is 14.1 Å². The lowest BCUT2D eigenvalue weighted by Gasteiger charge is -2.36. The summed E-state index contributed by atoms with van der Waals surface area (Å²) < 4.78 is 24.5. The second kappa shape index (κ2) is 8.80. The zero-order valence-electron chi connectivity index (χ0n) is 15.7. The monoisotopic (exact) mass is 458 g/mol. The van der Waals surface area contributed by atoms with Crippen molar-refractivity contribution in [3.8, 4) is 5.75 Å². The van der Waals surface area contributed by atoms with Crippen LogP contribution in [0.25, 0.3) is 0 Å². The number of carbonyl (C=O) groups excluding carboxylic acids is 1. The second-order valence-corrected chi connectivity index (χ2v) is 7.72. The van der Waals surface area contributed by atoms with E-state index in [0.717, 1.165) is 48.4 Å². The topological polar surface area (TPSA) is 45.9 Å². The number of benzene rings is 2. The Kier molecular flexibility index (Phi) is 5.97. The van der Waals surface area contributed by atoms with Gasteiger partial charge in [-0.1, -0.05) is 12.1 Å². The third-order valence-electron chi connectivity index (χ3n) is 4.88. The number of furan rings is 1. The highest BCUT2D eigenvalue weighted by atomic mass is 79.9. The Labute approximate surface area is 176 Å². The smallest absolute Gasteiger partial charge is 0.379 e. The van der Waals surface area contributed by atoms with Crippen molar-refractivity contribution in [2.75, 3.05) is 31.1 Å². The number of anilines is 1. The van der Waals surface area contributed by atoms with E-state index in [1.54, 1.807) is 18.2 Å². The average molecular weight is 459 g/mol. The first-order valence-corrected chi connectivity index (χ1v) is 10.1. The predicted octanol–water partition coefficient (Wildman–Crippen LogP) is 4.72. The Morgan fingerprint density at radius 1 is 1.07 bits per heavy atom. The predicted molar refractivity (Wildman–Crippen MR) is 112 cm³/mol. The minimum Gasteiger partial charge on any atom is -0.457 e. The van der Waals surface area contributed by atoms with E-state index in [2.05, 4.69) is 25.7 Å². The lowest BCUT2D eigenvalue weighted by atomic mass is 10.2. The van der Waals surface area contributed by atoms with Crippen molar-refractivity contribution in [1.29, 1.82) is 0 Å². The van der Waals surface area contributed by atoms with Crippen LogP contribution < -0.4 is 9.64 Å². The Morgan fingerprint density at radius 3 is 2.52 bits per heavy atom. The summed E-state index contributed by atoms with van der Waals surface area (Å²) in [4.78, 5) is 16.7. The quantitative estimate of drug-likeness (QED) is 0.408. The summed E-state index contributed by atoms with van der Waals surface area (Å²) in [6, 6.07) is 15.4. The van der Waals surface area contributed by atoms with Crippen LogP contribution in [0.1, 0.15) is 16.1 Å². The summed E-state index contributed by atoms with van der Waals surface area (Å²) in [7, 11) is 0. The van der Waals surface area contributed by atoms with Crippen LogP contribution >= 0.6 is 15.9 Å². The largest absolute Gasteiger partial charge is 0.457 e. The van der Waals surface area contributed by atoms with Gasteiger partial charge in [0.2, 0.25) is 5.76 Å². The summed E-state index contributed by atoms with van der Waals surface area (Å²) in [6.45, 7) is 4.27. The molecule has 0 bridgehead atoms. The third-order valence-corrected chi connectivity index (χ3v) is 5.55. The molecule has 3 aromatic rings. The summed E-state index contributed by atoms with van der Waals surface area (Å²) in [5, 5.41) is 0. The van der Waals surface area contributed by atoms with Crippen LogP contribution in [0.3, 0.4) is 0 Å². The zero-order chi connectivity index (χ0) is 20.2. The molecule has 29 heavy (non-hydrogen) atoms. The highest BCUT2D eigenvalue weighted by Gasteiger charge is 2.20. The standard InChI is InChI=1S/C22H20BrFN2O3/c23-19-8-7-18(29-22(27)21-2-1-13-28-21)14-20(19)26-11-9-25(10-12-26)15-16-3-5-17(24)6-4-16/h1-8,13-14H,9-12,15H2. The maximum absolute atomic E-state index is 13.1. The molecule has 0 atom stereocenters. The van der Waals surface area contributed by atoms with Gasteiger partial charge in [-0.2, -0.15) is 0 Å². The maximum atomic E-state index is 13.1. The lowest BCUT2D eigenvalue weighted by molar-refractivity contribution is 0.0701. The Morgan fingerprint density at radius 2 is 1.83 bits per heavy atom. The number of carbonyl (C=O) groups is 1. The Bertz CT molecular complexity index is 968. The molecule has 0 radical (unpaired) electrons. The number of ether oxygens (including phenoxy) is 1. The number of nitrogens with zero attached hydrogens (tertiary/aromatic N) is 2. The Balaban J connectivity index is 1.38. The van der Waals surface area contributed by atoms with Gasteiger partial charge in [-0.05, 0) is 57.9 Å². The van der Waals surface area contributed by atoms with Gasteiger partial charge in [-0.3, -0.25) is 4.90 Å². The molecule has 2 aromatic carbocycles. The molecule has 0 unspecified atom stereocenters. The fraction of sp³-hybridized carbons (Fsp3) is 0.227. The fourth-order valence-electron chi connectivity index (χ4n) is 3.35. The van der Waals surface area contributed by atoms with Gasteiger partial charge in [0.1, 0.15) is 11.6 Å². The van der Waals surface area contributed by atoms with Gasteiger partial charge >= 0.3 is 5.97 Å². The van der Waals surface area contributed by atoms with Crippen molar-refractivity contribution in [2.45, 2.75) is 6.54 Å². The SMILES string of the molecule is O=C(Oc1ccc(Br)c(N2CCN(Cc3ccc(F)cc3)CC2)c1)c1ccco1. The van der Waals surface area contributed by atoms with E-state index in [4.69, 9.17) is 9.15 Å². The van der Waals surface area contributed by atoms with E-state index in [1.807, 2.05) is 24.3 Å². The average Bonchev–Trinajstić information content (AvgIpc) is 3.27. The molecule has 7 heteroatoms. The van der Waals surface area contributed by atoms with Gasteiger partial charge in [0.25, 0.3) is 0 Å². The molecule has 2 heterocycles. The molecule has 5 nitrogen and oxygen atoms in total. The fourth-order valence-corrected chi connectivity index (χ4v) is 3.84. The highest BCUT2D eigenvalue weighted by molar-refractivity contribution is 9.10. The molecular formula is C22H20BrFN2O3. The van der Waals surface area contributed by atoms with E-state index in [9.17, 15) is 9.18 Å². The van der Waals surface area contributed by atoms with Gasteiger partial charge in [-0.25, -0.2) is 9.18 Å². The first kappa shape index (κ1) is 19.7. The van der Waals surface area contributed by atoms with Crippen LogP contribution in [-0.4, -0.2) is 37.0 Å². The highest BCUT2D eigenvalue weighted by Crippen LogP contribution is 2.31. The molecule has 4 rings (SSSR count). The van der Waals surface area contributed by atoms with Crippen LogP contribution in [0.15, 0.2) is 69.8 Å². The lowest BCUT2D eigenvalue weighted by Crippen LogP contribution is -2.46. The van der Waals surface area contributed by atoms with Gasteiger partial charge in [0.05, 0.1) is 12.0 Å². The van der Waals surface area contributed by atoms with E-state index in [0.29, 0.717) is 5.75 Å². The van der Waals surface area contributed by atoms with Gasteiger partial charge in [0, 0.05) is 43.3 Å². The number of hydrogen-bond donors (Lipinski definition) is 0.